The summed E-state index contributed by atoms with van der Waals surface area (Å²) in [6.07, 6.45) is 2.60. The SMILES string of the molecule is COc1cc(C(=O)Oc2ccccc2/C=C/C(=O)NNC(=O)c2ccc(NC(=O)c3ccc(Cl)cc3)cc2)cc(OC)c1OC. The van der Waals surface area contributed by atoms with Crippen molar-refractivity contribution in [1.82, 2.24) is 10.9 Å². The summed E-state index contributed by atoms with van der Waals surface area (Å²) >= 11 is 5.85. The summed E-state index contributed by atoms with van der Waals surface area (Å²) in [4.78, 5) is 50.3. The highest BCUT2D eigenvalue weighted by molar-refractivity contribution is 6.30. The molecule has 230 valence electrons. The molecule has 3 N–H and O–H groups in total. The van der Waals surface area contributed by atoms with Gasteiger partial charge in [0.15, 0.2) is 11.5 Å². The Labute approximate surface area is 263 Å². The second-order valence-corrected chi connectivity index (χ2v) is 9.59. The van der Waals surface area contributed by atoms with E-state index in [-0.39, 0.29) is 34.3 Å². The minimum Gasteiger partial charge on any atom is -0.493 e. The zero-order valence-electron chi connectivity index (χ0n) is 24.4. The van der Waals surface area contributed by atoms with Crippen LogP contribution in [0.5, 0.6) is 23.0 Å². The van der Waals surface area contributed by atoms with Gasteiger partial charge in [0, 0.05) is 33.5 Å². The lowest BCUT2D eigenvalue weighted by Crippen LogP contribution is -2.40. The molecule has 0 fully saturated rings. The van der Waals surface area contributed by atoms with Gasteiger partial charge in [-0.1, -0.05) is 29.8 Å². The van der Waals surface area contributed by atoms with Crippen molar-refractivity contribution in [3.8, 4) is 23.0 Å². The van der Waals surface area contributed by atoms with Gasteiger partial charge >= 0.3 is 5.97 Å². The molecule has 3 amide bonds. The van der Waals surface area contributed by atoms with E-state index in [1.54, 1.807) is 60.7 Å². The first-order valence-electron chi connectivity index (χ1n) is 13.3. The van der Waals surface area contributed by atoms with Gasteiger partial charge in [0.25, 0.3) is 17.7 Å². The van der Waals surface area contributed by atoms with E-state index in [2.05, 4.69) is 16.2 Å². The van der Waals surface area contributed by atoms with Crippen molar-refractivity contribution in [2.45, 2.75) is 0 Å². The Bertz CT molecular complexity index is 1710. The number of hydrazine groups is 1. The van der Waals surface area contributed by atoms with Crippen LogP contribution < -0.4 is 35.1 Å². The first kappa shape index (κ1) is 32.1. The average Bonchev–Trinajstić information content (AvgIpc) is 3.06. The van der Waals surface area contributed by atoms with Crippen LogP contribution in [0.15, 0.2) is 91.0 Å². The second-order valence-electron chi connectivity index (χ2n) is 9.16. The van der Waals surface area contributed by atoms with Gasteiger partial charge in [-0.2, -0.15) is 0 Å². The maximum atomic E-state index is 13.0. The van der Waals surface area contributed by atoms with Crippen LogP contribution in [0.25, 0.3) is 6.08 Å². The number of carbonyl (C=O) groups excluding carboxylic acids is 4. The third-order valence-corrected chi connectivity index (χ3v) is 6.50. The third kappa shape index (κ3) is 8.39. The molecule has 4 aromatic rings. The van der Waals surface area contributed by atoms with Crippen molar-refractivity contribution in [3.05, 3.63) is 118 Å². The maximum Gasteiger partial charge on any atom is 0.343 e. The number of benzene rings is 4. The summed E-state index contributed by atoms with van der Waals surface area (Å²) in [7, 11) is 4.32. The molecule has 0 saturated carbocycles. The number of anilines is 1. The lowest BCUT2D eigenvalue weighted by Gasteiger charge is -2.14. The van der Waals surface area contributed by atoms with Gasteiger partial charge in [-0.25, -0.2) is 4.79 Å². The number of amides is 3. The molecule has 0 atom stereocenters. The molecule has 11 nitrogen and oxygen atoms in total. The molecule has 0 aliphatic carbocycles. The highest BCUT2D eigenvalue weighted by Crippen LogP contribution is 2.38. The number of esters is 1. The monoisotopic (exact) mass is 629 g/mol. The largest absolute Gasteiger partial charge is 0.493 e. The van der Waals surface area contributed by atoms with Crippen LogP contribution in [-0.2, 0) is 4.79 Å². The Morgan fingerprint density at radius 3 is 1.89 bits per heavy atom. The minimum atomic E-state index is -0.692. The second kappa shape index (κ2) is 15.1. The lowest BCUT2D eigenvalue weighted by molar-refractivity contribution is -0.117. The van der Waals surface area contributed by atoms with Crippen molar-refractivity contribution >= 4 is 47.1 Å². The molecule has 4 aromatic carbocycles. The molecule has 0 heterocycles. The van der Waals surface area contributed by atoms with E-state index in [0.29, 0.717) is 27.6 Å². The summed E-state index contributed by atoms with van der Waals surface area (Å²) < 4.78 is 21.5. The van der Waals surface area contributed by atoms with Crippen molar-refractivity contribution in [1.29, 1.82) is 0 Å². The fourth-order valence-corrected chi connectivity index (χ4v) is 4.10. The molecule has 0 bridgehead atoms. The van der Waals surface area contributed by atoms with Crippen LogP contribution in [0.2, 0.25) is 5.02 Å². The highest BCUT2D eigenvalue weighted by Gasteiger charge is 2.19. The summed E-state index contributed by atoms with van der Waals surface area (Å²) in [5.74, 6) is -1.16. The Kier molecular flexibility index (Phi) is 10.8. The Hall–Kier alpha value is -5.81. The van der Waals surface area contributed by atoms with Crippen LogP contribution in [0.3, 0.4) is 0 Å². The lowest BCUT2D eigenvalue weighted by atomic mass is 10.1. The van der Waals surface area contributed by atoms with Gasteiger partial charge in [0.05, 0.1) is 26.9 Å². The van der Waals surface area contributed by atoms with Gasteiger partial charge in [0.2, 0.25) is 5.75 Å². The Morgan fingerprint density at radius 1 is 0.667 bits per heavy atom. The molecular weight excluding hydrogens is 602 g/mol. The number of carbonyl (C=O) groups is 4. The highest BCUT2D eigenvalue weighted by atomic mass is 35.5. The van der Waals surface area contributed by atoms with Gasteiger partial charge in [0.1, 0.15) is 5.75 Å². The van der Waals surface area contributed by atoms with E-state index >= 15 is 0 Å². The minimum absolute atomic E-state index is 0.153. The van der Waals surface area contributed by atoms with Gasteiger partial charge in [-0.15, -0.1) is 0 Å². The predicted octanol–water partition coefficient (Wildman–Crippen LogP) is 5.31. The first-order chi connectivity index (χ1) is 21.7. The summed E-state index contributed by atoms with van der Waals surface area (Å²) in [5.41, 5.74) is 6.34. The maximum absolute atomic E-state index is 13.0. The third-order valence-electron chi connectivity index (χ3n) is 6.25. The van der Waals surface area contributed by atoms with Crippen LogP contribution in [0.4, 0.5) is 5.69 Å². The van der Waals surface area contributed by atoms with E-state index in [0.717, 1.165) is 0 Å². The topological polar surface area (TPSA) is 141 Å². The first-order valence-corrected chi connectivity index (χ1v) is 13.7. The fraction of sp³-hybridized carbons (Fsp3) is 0.0909. The van der Waals surface area contributed by atoms with E-state index in [1.165, 1.54) is 57.7 Å². The Balaban J connectivity index is 1.34. The van der Waals surface area contributed by atoms with Crippen molar-refractivity contribution in [2.24, 2.45) is 0 Å². The number of halogens is 1. The molecule has 45 heavy (non-hydrogen) atoms. The zero-order chi connectivity index (χ0) is 32.3. The van der Waals surface area contributed by atoms with E-state index in [1.807, 2.05) is 0 Å². The normalized spacial score (nSPS) is 10.5. The average molecular weight is 630 g/mol. The molecule has 0 aromatic heterocycles. The van der Waals surface area contributed by atoms with Gasteiger partial charge in [-0.05, 0) is 72.8 Å². The van der Waals surface area contributed by atoms with Crippen molar-refractivity contribution in [2.75, 3.05) is 26.6 Å². The molecule has 4 rings (SSSR count). The molecule has 0 saturated heterocycles. The molecule has 0 spiro atoms. The quantitative estimate of drug-likeness (QED) is 0.0927. The van der Waals surface area contributed by atoms with Crippen LogP contribution in [-0.4, -0.2) is 45.0 Å². The summed E-state index contributed by atoms with van der Waals surface area (Å²) in [6.45, 7) is 0. The number of methoxy groups -OCH3 is 3. The number of hydrogen-bond donors (Lipinski definition) is 3. The van der Waals surface area contributed by atoms with Gasteiger partial charge in [-0.3, -0.25) is 25.2 Å². The molecule has 0 unspecified atom stereocenters. The zero-order valence-corrected chi connectivity index (χ0v) is 25.1. The number of ether oxygens (including phenoxy) is 4. The molecular formula is C33H28ClN3O8. The van der Waals surface area contributed by atoms with E-state index in [9.17, 15) is 19.2 Å². The fourth-order valence-electron chi connectivity index (χ4n) is 3.98. The van der Waals surface area contributed by atoms with Crippen molar-refractivity contribution in [3.63, 3.8) is 0 Å². The number of nitrogens with one attached hydrogen (secondary N) is 3. The number of para-hydroxylation sites is 1. The van der Waals surface area contributed by atoms with Gasteiger partial charge < -0.3 is 24.3 Å². The molecule has 0 aliphatic rings. The Morgan fingerprint density at radius 2 is 1.27 bits per heavy atom. The summed E-state index contributed by atoms with van der Waals surface area (Å²) in [5, 5.41) is 3.24. The molecule has 0 aliphatic heterocycles. The smallest absolute Gasteiger partial charge is 0.343 e. The number of rotatable bonds is 10. The van der Waals surface area contributed by atoms with Crippen LogP contribution in [0, 0.1) is 0 Å². The number of hydrogen-bond acceptors (Lipinski definition) is 8. The molecule has 0 radical (unpaired) electrons. The van der Waals surface area contributed by atoms with Crippen LogP contribution >= 0.6 is 11.6 Å². The standard InChI is InChI=1S/C33H28ClN3O8/c1-42-27-18-23(19-28(43-2)30(27)44-3)33(41)45-26-7-5-4-6-20(26)12-17-29(38)36-37-32(40)22-10-15-25(16-11-22)35-31(39)21-8-13-24(34)14-9-21/h4-19H,1-3H3,(H,35,39)(H,36,38)(H,37,40)/b17-12+. The van der Waals surface area contributed by atoms with Crippen LogP contribution in [0.1, 0.15) is 36.6 Å². The van der Waals surface area contributed by atoms with E-state index in [4.69, 9.17) is 30.5 Å². The van der Waals surface area contributed by atoms with Crippen molar-refractivity contribution < 1.29 is 38.1 Å². The van der Waals surface area contributed by atoms with E-state index < -0.39 is 17.8 Å². The predicted molar refractivity (Wildman–Crippen MR) is 168 cm³/mol. The molecule has 12 heteroatoms. The summed E-state index contributed by atoms with van der Waals surface area (Å²) in [6, 6.07) is 22.0.